The number of rotatable bonds is 5. The highest BCUT2D eigenvalue weighted by Crippen LogP contribution is 2.38. The maximum Gasteiger partial charge on any atom is 0.309 e. The number of carbonyl (C=O) groups is 2. The summed E-state index contributed by atoms with van der Waals surface area (Å²) in [6.07, 6.45) is 0.836. The fraction of sp³-hybridized carbons (Fsp3) is 0.429. The average Bonchev–Trinajstić information content (AvgIpc) is 3.13. The number of methoxy groups -OCH3 is 1. The van der Waals surface area contributed by atoms with Crippen LogP contribution in [0.3, 0.4) is 0 Å². The van der Waals surface area contributed by atoms with E-state index in [1.54, 1.807) is 18.2 Å². The van der Waals surface area contributed by atoms with E-state index in [1.807, 2.05) is 6.92 Å². The lowest BCUT2D eigenvalue weighted by molar-refractivity contribution is -0.148. The largest absolute Gasteiger partial charge is 0.495 e. The van der Waals surface area contributed by atoms with Crippen molar-refractivity contribution in [2.24, 2.45) is 11.8 Å². The Balaban J connectivity index is 1.88. The first-order valence-electron chi connectivity index (χ1n) is 6.31. The molecule has 0 heterocycles. The zero-order valence-corrected chi connectivity index (χ0v) is 12.1. The van der Waals surface area contributed by atoms with Gasteiger partial charge in [0.2, 0.25) is 0 Å². The maximum atomic E-state index is 11.7. The molecule has 0 aromatic heterocycles. The molecule has 0 spiro atoms. The van der Waals surface area contributed by atoms with Gasteiger partial charge in [0.15, 0.2) is 6.61 Å². The minimum absolute atomic E-state index is 0.0523. The van der Waals surface area contributed by atoms with Crippen LogP contribution in [-0.4, -0.2) is 25.6 Å². The summed E-state index contributed by atoms with van der Waals surface area (Å²) in [7, 11) is 1.49. The summed E-state index contributed by atoms with van der Waals surface area (Å²) < 4.78 is 10.1. The van der Waals surface area contributed by atoms with Crippen LogP contribution in [0.15, 0.2) is 18.2 Å². The Labute approximate surface area is 122 Å². The van der Waals surface area contributed by atoms with Crippen LogP contribution in [0.1, 0.15) is 13.3 Å². The molecule has 1 aliphatic carbocycles. The minimum atomic E-state index is -0.424. The summed E-state index contributed by atoms with van der Waals surface area (Å²) in [6, 6.07) is 4.88. The van der Waals surface area contributed by atoms with Crippen molar-refractivity contribution in [3.63, 3.8) is 0 Å². The monoisotopic (exact) mass is 297 g/mol. The van der Waals surface area contributed by atoms with Crippen LogP contribution >= 0.6 is 11.6 Å². The lowest BCUT2D eigenvalue weighted by Gasteiger charge is -2.10. The number of carbonyl (C=O) groups excluding carboxylic acids is 2. The molecule has 5 nitrogen and oxygen atoms in total. The van der Waals surface area contributed by atoms with E-state index in [4.69, 9.17) is 21.1 Å². The van der Waals surface area contributed by atoms with Crippen molar-refractivity contribution in [3.8, 4) is 5.75 Å². The molecule has 1 N–H and O–H groups in total. The van der Waals surface area contributed by atoms with Gasteiger partial charge in [-0.05, 0) is 30.5 Å². The van der Waals surface area contributed by atoms with Crippen molar-refractivity contribution >= 4 is 29.2 Å². The molecule has 1 aromatic carbocycles. The molecule has 20 heavy (non-hydrogen) atoms. The number of hydrogen-bond acceptors (Lipinski definition) is 4. The Kier molecular flexibility index (Phi) is 4.49. The van der Waals surface area contributed by atoms with E-state index in [9.17, 15) is 9.59 Å². The molecule has 1 saturated carbocycles. The van der Waals surface area contributed by atoms with Crippen molar-refractivity contribution in [2.75, 3.05) is 19.0 Å². The molecule has 6 heteroatoms. The van der Waals surface area contributed by atoms with E-state index in [-0.39, 0.29) is 18.5 Å². The van der Waals surface area contributed by atoms with E-state index in [1.165, 1.54) is 7.11 Å². The van der Waals surface area contributed by atoms with Crippen LogP contribution in [0.2, 0.25) is 5.02 Å². The van der Waals surface area contributed by atoms with Crippen molar-refractivity contribution in [1.29, 1.82) is 0 Å². The lowest BCUT2D eigenvalue weighted by Crippen LogP contribution is -2.22. The zero-order chi connectivity index (χ0) is 14.7. The fourth-order valence-corrected chi connectivity index (χ4v) is 2.03. The highest BCUT2D eigenvalue weighted by Gasteiger charge is 2.40. The molecule has 0 radical (unpaired) electrons. The van der Waals surface area contributed by atoms with Crippen LogP contribution in [0.25, 0.3) is 0 Å². The Bertz CT molecular complexity index is 532. The summed E-state index contributed by atoms with van der Waals surface area (Å²) in [4.78, 5) is 23.2. The molecule has 108 valence electrons. The van der Waals surface area contributed by atoms with Crippen molar-refractivity contribution in [3.05, 3.63) is 23.2 Å². The highest BCUT2D eigenvalue weighted by molar-refractivity contribution is 6.31. The van der Waals surface area contributed by atoms with Gasteiger partial charge < -0.3 is 14.8 Å². The molecule has 0 saturated heterocycles. The normalized spacial score (nSPS) is 20.1. The molecule has 1 amide bonds. The first-order valence-corrected chi connectivity index (χ1v) is 6.69. The predicted octanol–water partition coefficient (Wildman–Crippen LogP) is 2.49. The predicted molar refractivity (Wildman–Crippen MR) is 74.9 cm³/mol. The van der Waals surface area contributed by atoms with Gasteiger partial charge in [0.25, 0.3) is 5.91 Å². The smallest absolute Gasteiger partial charge is 0.309 e. The number of esters is 1. The second-order valence-electron chi connectivity index (χ2n) is 4.82. The quantitative estimate of drug-likeness (QED) is 0.848. The first-order chi connectivity index (χ1) is 9.51. The number of benzene rings is 1. The Hall–Kier alpha value is -1.75. The Morgan fingerprint density at radius 1 is 1.45 bits per heavy atom. The van der Waals surface area contributed by atoms with Gasteiger partial charge in [0, 0.05) is 5.02 Å². The van der Waals surface area contributed by atoms with Crippen molar-refractivity contribution in [2.45, 2.75) is 13.3 Å². The van der Waals surface area contributed by atoms with Gasteiger partial charge in [-0.25, -0.2) is 0 Å². The molecule has 1 aliphatic rings. The number of amides is 1. The van der Waals surface area contributed by atoms with Gasteiger partial charge in [0.1, 0.15) is 5.75 Å². The van der Waals surface area contributed by atoms with Crippen LogP contribution < -0.4 is 10.1 Å². The SMILES string of the molecule is COc1ccc(Cl)cc1NC(=O)COC(=O)[C@@H]1C[C@@H]1C. The topological polar surface area (TPSA) is 64.6 Å². The summed E-state index contributed by atoms with van der Waals surface area (Å²) >= 11 is 5.86. The standard InChI is InChI=1S/C14H16ClNO4/c1-8-5-10(8)14(18)20-7-13(17)16-11-6-9(15)3-4-12(11)19-2/h3-4,6,8,10H,5,7H2,1-2H3,(H,16,17)/t8-,10+/m0/s1. The highest BCUT2D eigenvalue weighted by atomic mass is 35.5. The van der Waals surface area contributed by atoms with E-state index in [0.29, 0.717) is 22.4 Å². The third-order valence-electron chi connectivity index (χ3n) is 3.19. The van der Waals surface area contributed by atoms with E-state index < -0.39 is 5.91 Å². The molecule has 1 fully saturated rings. The Morgan fingerprint density at radius 3 is 2.75 bits per heavy atom. The average molecular weight is 298 g/mol. The van der Waals surface area contributed by atoms with Gasteiger partial charge in [-0.2, -0.15) is 0 Å². The minimum Gasteiger partial charge on any atom is -0.495 e. The molecule has 2 rings (SSSR count). The molecule has 1 aromatic rings. The third-order valence-corrected chi connectivity index (χ3v) is 3.43. The maximum absolute atomic E-state index is 11.7. The summed E-state index contributed by atoms with van der Waals surface area (Å²) in [6.45, 7) is 1.67. The van der Waals surface area contributed by atoms with Gasteiger partial charge in [-0.15, -0.1) is 0 Å². The molecule has 0 unspecified atom stereocenters. The number of ether oxygens (including phenoxy) is 2. The number of anilines is 1. The summed E-state index contributed by atoms with van der Waals surface area (Å²) in [5.41, 5.74) is 0.445. The molecular weight excluding hydrogens is 282 g/mol. The number of halogens is 1. The van der Waals surface area contributed by atoms with Gasteiger partial charge in [0.05, 0.1) is 18.7 Å². The van der Waals surface area contributed by atoms with E-state index >= 15 is 0 Å². The fourth-order valence-electron chi connectivity index (χ4n) is 1.86. The Morgan fingerprint density at radius 2 is 2.15 bits per heavy atom. The zero-order valence-electron chi connectivity index (χ0n) is 11.3. The third kappa shape index (κ3) is 3.63. The van der Waals surface area contributed by atoms with Crippen molar-refractivity contribution < 1.29 is 19.1 Å². The van der Waals surface area contributed by atoms with Crippen LogP contribution in [-0.2, 0) is 14.3 Å². The van der Waals surface area contributed by atoms with E-state index in [0.717, 1.165) is 6.42 Å². The molecule has 0 aliphatic heterocycles. The van der Waals surface area contributed by atoms with Crippen molar-refractivity contribution in [1.82, 2.24) is 0 Å². The lowest BCUT2D eigenvalue weighted by atomic mass is 10.3. The summed E-state index contributed by atoms with van der Waals surface area (Å²) in [5.74, 6) is 0.0601. The number of hydrogen-bond donors (Lipinski definition) is 1. The van der Waals surface area contributed by atoms with Gasteiger partial charge in [-0.1, -0.05) is 18.5 Å². The van der Waals surface area contributed by atoms with Crippen LogP contribution in [0.5, 0.6) is 5.75 Å². The first kappa shape index (κ1) is 14.7. The van der Waals surface area contributed by atoms with Crippen LogP contribution in [0.4, 0.5) is 5.69 Å². The number of nitrogens with one attached hydrogen (secondary N) is 1. The second-order valence-corrected chi connectivity index (χ2v) is 5.26. The van der Waals surface area contributed by atoms with Gasteiger partial charge >= 0.3 is 5.97 Å². The van der Waals surface area contributed by atoms with Crippen LogP contribution in [0, 0.1) is 11.8 Å². The second kappa shape index (κ2) is 6.13. The molecule has 0 bridgehead atoms. The van der Waals surface area contributed by atoms with Gasteiger partial charge in [-0.3, -0.25) is 9.59 Å². The molecular formula is C14H16ClNO4. The summed E-state index contributed by atoms with van der Waals surface area (Å²) in [5, 5.41) is 3.08. The van der Waals surface area contributed by atoms with E-state index in [2.05, 4.69) is 5.32 Å². The molecule has 2 atom stereocenters.